The summed E-state index contributed by atoms with van der Waals surface area (Å²) < 4.78 is 0.853. The lowest BCUT2D eigenvalue weighted by Gasteiger charge is -2.20. The van der Waals surface area contributed by atoms with E-state index in [2.05, 4.69) is 27.8 Å². The maximum atomic E-state index is 12.3. The van der Waals surface area contributed by atoms with Crippen LogP contribution in [0.15, 0.2) is 22.9 Å². The van der Waals surface area contributed by atoms with Crippen LogP contribution in [-0.2, 0) is 0 Å². The van der Waals surface area contributed by atoms with Crippen molar-refractivity contribution in [3.8, 4) is 0 Å². The predicted molar refractivity (Wildman–Crippen MR) is 70.9 cm³/mol. The molecule has 3 nitrogen and oxygen atoms in total. The molecule has 0 bridgehead atoms. The Kier molecular flexibility index (Phi) is 4.15. The van der Waals surface area contributed by atoms with Crippen molar-refractivity contribution in [2.75, 3.05) is 13.1 Å². The van der Waals surface area contributed by atoms with Crippen LogP contribution in [0, 0.1) is 5.92 Å². The molecule has 0 aliphatic carbocycles. The fraction of sp³-hybridized carbons (Fsp3) is 0.538. The molecule has 0 radical (unpaired) electrons. The minimum Gasteiger partial charge on any atom is -0.339 e. The number of halogens is 1. The van der Waals surface area contributed by atoms with Gasteiger partial charge in [0.2, 0.25) is 0 Å². The second kappa shape index (κ2) is 5.63. The summed E-state index contributed by atoms with van der Waals surface area (Å²) in [6.45, 7) is 4.00. The number of hydrogen-bond donors (Lipinski definition) is 0. The van der Waals surface area contributed by atoms with Gasteiger partial charge in [-0.05, 0) is 47.2 Å². The van der Waals surface area contributed by atoms with Gasteiger partial charge in [0.05, 0.1) is 5.56 Å². The van der Waals surface area contributed by atoms with E-state index in [0.717, 1.165) is 36.3 Å². The molecule has 1 amide bonds. The van der Waals surface area contributed by atoms with Gasteiger partial charge >= 0.3 is 0 Å². The second-order valence-corrected chi connectivity index (χ2v) is 5.64. The van der Waals surface area contributed by atoms with E-state index in [-0.39, 0.29) is 5.91 Å². The monoisotopic (exact) mass is 296 g/mol. The average Bonchev–Trinajstić information content (AvgIpc) is 2.53. The normalized spacial score (nSPS) is 21.1. The van der Waals surface area contributed by atoms with Crippen molar-refractivity contribution >= 4 is 21.8 Å². The fourth-order valence-electron chi connectivity index (χ4n) is 2.18. The molecular formula is C13H17BrN2O. The van der Waals surface area contributed by atoms with Crippen LogP contribution in [0.2, 0.25) is 0 Å². The summed E-state index contributed by atoms with van der Waals surface area (Å²) in [5.74, 6) is 0.835. The molecule has 1 aliphatic rings. The van der Waals surface area contributed by atoms with Crippen molar-refractivity contribution < 1.29 is 4.79 Å². The zero-order chi connectivity index (χ0) is 12.3. The third kappa shape index (κ3) is 3.28. The van der Waals surface area contributed by atoms with E-state index in [1.165, 1.54) is 6.42 Å². The first-order valence-electron chi connectivity index (χ1n) is 6.06. The Balaban J connectivity index is 2.09. The largest absolute Gasteiger partial charge is 0.339 e. The maximum absolute atomic E-state index is 12.3. The van der Waals surface area contributed by atoms with Gasteiger partial charge in [0.1, 0.15) is 0 Å². The quantitative estimate of drug-likeness (QED) is 0.798. The van der Waals surface area contributed by atoms with E-state index in [4.69, 9.17) is 0 Å². The molecular weight excluding hydrogens is 280 g/mol. The Bertz CT molecular complexity index is 408. The zero-order valence-corrected chi connectivity index (χ0v) is 11.6. The molecule has 1 aromatic heterocycles. The standard InChI is InChI=1S/C13H17BrN2O/c1-10-3-2-5-16(6-4-10)13(17)11-7-12(14)9-15-8-11/h7-10H,2-6H2,1H3. The van der Waals surface area contributed by atoms with Crippen molar-refractivity contribution in [1.29, 1.82) is 0 Å². The van der Waals surface area contributed by atoms with Gasteiger partial charge in [0.15, 0.2) is 0 Å². The molecule has 0 N–H and O–H groups in total. The van der Waals surface area contributed by atoms with E-state index >= 15 is 0 Å². The molecule has 1 aliphatic heterocycles. The Labute approximate surface area is 110 Å². The molecule has 2 heterocycles. The van der Waals surface area contributed by atoms with Gasteiger partial charge in [-0.15, -0.1) is 0 Å². The van der Waals surface area contributed by atoms with Gasteiger partial charge in [-0.3, -0.25) is 9.78 Å². The molecule has 0 aromatic carbocycles. The van der Waals surface area contributed by atoms with Gasteiger partial charge in [0.25, 0.3) is 5.91 Å². The first kappa shape index (κ1) is 12.6. The lowest BCUT2D eigenvalue weighted by molar-refractivity contribution is 0.0760. The van der Waals surface area contributed by atoms with Gasteiger partial charge < -0.3 is 4.90 Å². The number of likely N-dealkylation sites (tertiary alicyclic amines) is 1. The number of carbonyl (C=O) groups is 1. The molecule has 0 spiro atoms. The molecule has 1 unspecified atom stereocenters. The van der Waals surface area contributed by atoms with Gasteiger partial charge in [-0.2, -0.15) is 0 Å². The lowest BCUT2D eigenvalue weighted by Crippen LogP contribution is -2.32. The second-order valence-electron chi connectivity index (χ2n) is 4.72. The summed E-state index contributed by atoms with van der Waals surface area (Å²) in [6, 6.07) is 1.84. The number of nitrogens with zero attached hydrogens (tertiary/aromatic N) is 2. The predicted octanol–water partition coefficient (Wildman–Crippen LogP) is 3.11. The molecule has 1 atom stereocenters. The van der Waals surface area contributed by atoms with Crippen LogP contribution < -0.4 is 0 Å². The van der Waals surface area contributed by atoms with Crippen LogP contribution in [0.4, 0.5) is 0 Å². The molecule has 2 rings (SSSR count). The SMILES string of the molecule is CC1CCCN(C(=O)c2cncc(Br)c2)CC1. The number of pyridine rings is 1. The summed E-state index contributed by atoms with van der Waals surface area (Å²) in [4.78, 5) is 18.3. The molecule has 4 heteroatoms. The third-order valence-electron chi connectivity index (χ3n) is 3.26. The summed E-state index contributed by atoms with van der Waals surface area (Å²) in [5, 5.41) is 0. The number of carbonyl (C=O) groups excluding carboxylic acids is 1. The van der Waals surface area contributed by atoms with Crippen LogP contribution in [0.1, 0.15) is 36.5 Å². The Morgan fingerprint density at radius 1 is 1.41 bits per heavy atom. The third-order valence-corrected chi connectivity index (χ3v) is 3.69. The van der Waals surface area contributed by atoms with Crippen LogP contribution >= 0.6 is 15.9 Å². The topological polar surface area (TPSA) is 33.2 Å². The highest BCUT2D eigenvalue weighted by molar-refractivity contribution is 9.10. The maximum Gasteiger partial charge on any atom is 0.255 e. The highest BCUT2D eigenvalue weighted by Gasteiger charge is 2.19. The minimum absolute atomic E-state index is 0.105. The molecule has 1 aromatic rings. The highest BCUT2D eigenvalue weighted by Crippen LogP contribution is 2.19. The first-order chi connectivity index (χ1) is 8.16. The van der Waals surface area contributed by atoms with E-state index < -0.39 is 0 Å². The Hall–Kier alpha value is -0.900. The molecule has 1 fully saturated rings. The number of amides is 1. The average molecular weight is 297 g/mol. The molecule has 17 heavy (non-hydrogen) atoms. The van der Waals surface area contributed by atoms with Gasteiger partial charge in [0, 0.05) is 30.0 Å². The van der Waals surface area contributed by atoms with Crippen LogP contribution in [0.25, 0.3) is 0 Å². The van der Waals surface area contributed by atoms with Crippen molar-refractivity contribution in [2.24, 2.45) is 5.92 Å². The Morgan fingerprint density at radius 3 is 3.00 bits per heavy atom. The van der Waals surface area contributed by atoms with E-state index in [0.29, 0.717) is 5.56 Å². The highest BCUT2D eigenvalue weighted by atomic mass is 79.9. The van der Waals surface area contributed by atoms with Crippen LogP contribution in [0.5, 0.6) is 0 Å². The van der Waals surface area contributed by atoms with Gasteiger partial charge in [-0.1, -0.05) is 6.92 Å². The minimum atomic E-state index is 0.105. The zero-order valence-electron chi connectivity index (χ0n) is 10.0. The number of rotatable bonds is 1. The van der Waals surface area contributed by atoms with Crippen molar-refractivity contribution in [1.82, 2.24) is 9.88 Å². The van der Waals surface area contributed by atoms with E-state index in [1.807, 2.05) is 11.0 Å². The fourth-order valence-corrected chi connectivity index (χ4v) is 2.54. The van der Waals surface area contributed by atoms with Gasteiger partial charge in [-0.25, -0.2) is 0 Å². The van der Waals surface area contributed by atoms with Crippen LogP contribution in [0.3, 0.4) is 0 Å². The van der Waals surface area contributed by atoms with Crippen molar-refractivity contribution in [3.63, 3.8) is 0 Å². The Morgan fingerprint density at radius 2 is 2.24 bits per heavy atom. The van der Waals surface area contributed by atoms with Crippen molar-refractivity contribution in [3.05, 3.63) is 28.5 Å². The van der Waals surface area contributed by atoms with Crippen molar-refractivity contribution in [2.45, 2.75) is 26.2 Å². The first-order valence-corrected chi connectivity index (χ1v) is 6.86. The van der Waals surface area contributed by atoms with Crippen LogP contribution in [-0.4, -0.2) is 28.9 Å². The van der Waals surface area contributed by atoms with E-state index in [9.17, 15) is 4.79 Å². The molecule has 1 saturated heterocycles. The molecule has 0 saturated carbocycles. The summed E-state index contributed by atoms with van der Waals surface area (Å²) in [6.07, 6.45) is 6.77. The van der Waals surface area contributed by atoms with E-state index in [1.54, 1.807) is 12.4 Å². The molecule has 92 valence electrons. The number of aromatic nitrogens is 1. The lowest BCUT2D eigenvalue weighted by atomic mass is 10.0. The summed E-state index contributed by atoms with van der Waals surface area (Å²) in [5.41, 5.74) is 0.675. The summed E-state index contributed by atoms with van der Waals surface area (Å²) in [7, 11) is 0. The summed E-state index contributed by atoms with van der Waals surface area (Å²) >= 11 is 3.35. The smallest absolute Gasteiger partial charge is 0.255 e. The number of hydrogen-bond acceptors (Lipinski definition) is 2.